The van der Waals surface area contributed by atoms with Crippen molar-refractivity contribution in [1.29, 1.82) is 0 Å². The van der Waals surface area contributed by atoms with Crippen molar-refractivity contribution >= 4 is 12.6 Å². The molecular weight excluding hydrogens is 183 g/mol. The van der Waals surface area contributed by atoms with Gasteiger partial charge in [-0.2, -0.15) is 0 Å². The van der Waals surface area contributed by atoms with Crippen LogP contribution in [-0.4, -0.2) is 12.6 Å². The highest BCUT2D eigenvalue weighted by atomic mass is 19.1. The van der Waals surface area contributed by atoms with Gasteiger partial charge in [0.2, 0.25) is 0 Å². The van der Waals surface area contributed by atoms with Crippen molar-refractivity contribution in [3.05, 3.63) is 34.6 Å². The number of halogens is 1. The Morgan fingerprint density at radius 2 is 1.86 bits per heavy atom. The minimum absolute atomic E-state index is 0.0476. The van der Waals surface area contributed by atoms with Crippen molar-refractivity contribution in [2.45, 2.75) is 19.8 Å². The van der Waals surface area contributed by atoms with Crippen molar-refractivity contribution in [3.8, 4) is 0 Å². The van der Waals surface area contributed by atoms with Crippen LogP contribution in [0.2, 0.25) is 0 Å². The molecule has 0 radical (unpaired) electrons. The number of carbonyl (C=O) groups excluding carboxylic acids is 2. The maximum absolute atomic E-state index is 13.5. The maximum Gasteiger partial charge on any atom is 0.153 e. The summed E-state index contributed by atoms with van der Waals surface area (Å²) < 4.78 is 13.5. The lowest BCUT2D eigenvalue weighted by atomic mass is 9.97. The van der Waals surface area contributed by atoms with Crippen LogP contribution in [0, 0.1) is 5.82 Å². The van der Waals surface area contributed by atoms with Gasteiger partial charge in [0, 0.05) is 5.56 Å². The van der Waals surface area contributed by atoms with E-state index in [9.17, 15) is 14.0 Å². The van der Waals surface area contributed by atoms with Gasteiger partial charge in [0.1, 0.15) is 12.1 Å². The molecule has 0 aliphatic rings. The molecule has 0 fully saturated rings. The first-order valence-corrected chi connectivity index (χ1v) is 4.34. The standard InChI is InChI=1S/C11H11FO2/c1-7(2)10-4-8(5-13)3-9(6-14)11(10)12/h3-7H,1-2H3. The monoisotopic (exact) mass is 194 g/mol. The van der Waals surface area contributed by atoms with E-state index in [1.807, 2.05) is 13.8 Å². The molecule has 0 N–H and O–H groups in total. The molecule has 2 nitrogen and oxygen atoms in total. The third kappa shape index (κ3) is 1.87. The summed E-state index contributed by atoms with van der Waals surface area (Å²) in [6, 6.07) is 2.72. The first-order chi connectivity index (χ1) is 6.60. The summed E-state index contributed by atoms with van der Waals surface area (Å²) in [6.07, 6.45) is 1.03. The summed E-state index contributed by atoms with van der Waals surface area (Å²) in [4.78, 5) is 21.0. The third-order valence-electron chi connectivity index (χ3n) is 2.04. The zero-order valence-electron chi connectivity index (χ0n) is 8.08. The molecule has 74 valence electrons. The number of rotatable bonds is 3. The first kappa shape index (κ1) is 10.6. The van der Waals surface area contributed by atoms with Gasteiger partial charge in [-0.15, -0.1) is 0 Å². The van der Waals surface area contributed by atoms with E-state index < -0.39 is 5.82 Å². The van der Waals surface area contributed by atoms with E-state index in [0.717, 1.165) is 0 Å². The lowest BCUT2D eigenvalue weighted by Gasteiger charge is -2.09. The van der Waals surface area contributed by atoms with Gasteiger partial charge in [-0.05, 0) is 23.6 Å². The van der Waals surface area contributed by atoms with E-state index in [2.05, 4.69) is 0 Å². The topological polar surface area (TPSA) is 34.1 Å². The molecule has 0 bridgehead atoms. The summed E-state index contributed by atoms with van der Waals surface area (Å²) in [5, 5.41) is 0. The molecule has 1 aromatic rings. The first-order valence-electron chi connectivity index (χ1n) is 4.34. The van der Waals surface area contributed by atoms with Gasteiger partial charge < -0.3 is 0 Å². The smallest absolute Gasteiger partial charge is 0.153 e. The lowest BCUT2D eigenvalue weighted by molar-refractivity contribution is 0.111. The van der Waals surface area contributed by atoms with Gasteiger partial charge in [-0.1, -0.05) is 13.8 Å². The van der Waals surface area contributed by atoms with Gasteiger partial charge in [0.15, 0.2) is 6.29 Å². The Kier molecular flexibility index (Phi) is 3.12. The minimum atomic E-state index is -0.527. The highest BCUT2D eigenvalue weighted by Crippen LogP contribution is 2.21. The Morgan fingerprint density at radius 3 is 2.29 bits per heavy atom. The highest BCUT2D eigenvalue weighted by Gasteiger charge is 2.12. The Labute approximate surface area is 81.7 Å². The van der Waals surface area contributed by atoms with Gasteiger partial charge in [-0.3, -0.25) is 9.59 Å². The van der Waals surface area contributed by atoms with Crippen molar-refractivity contribution in [1.82, 2.24) is 0 Å². The van der Waals surface area contributed by atoms with Crippen LogP contribution in [-0.2, 0) is 0 Å². The molecule has 3 heteroatoms. The fourth-order valence-electron chi connectivity index (χ4n) is 1.27. The van der Waals surface area contributed by atoms with E-state index in [1.165, 1.54) is 12.1 Å². The molecule has 0 amide bonds. The Morgan fingerprint density at radius 1 is 1.21 bits per heavy atom. The number of hydrogen-bond donors (Lipinski definition) is 0. The summed E-state index contributed by atoms with van der Waals surface area (Å²) in [5.41, 5.74) is 0.673. The molecule has 0 spiro atoms. The second-order valence-corrected chi connectivity index (χ2v) is 3.40. The minimum Gasteiger partial charge on any atom is -0.298 e. The molecule has 0 aliphatic carbocycles. The molecule has 0 saturated carbocycles. The highest BCUT2D eigenvalue weighted by molar-refractivity contribution is 5.82. The average Bonchev–Trinajstić information content (AvgIpc) is 2.17. The molecule has 0 aromatic heterocycles. The van der Waals surface area contributed by atoms with Gasteiger partial charge in [-0.25, -0.2) is 4.39 Å². The molecule has 0 saturated heterocycles. The normalized spacial score (nSPS) is 10.3. The number of carbonyl (C=O) groups is 2. The maximum atomic E-state index is 13.5. The van der Waals surface area contributed by atoms with Gasteiger partial charge >= 0.3 is 0 Å². The molecule has 0 aliphatic heterocycles. The number of benzene rings is 1. The van der Waals surface area contributed by atoms with E-state index in [4.69, 9.17) is 0 Å². The largest absolute Gasteiger partial charge is 0.298 e. The quantitative estimate of drug-likeness (QED) is 0.693. The van der Waals surface area contributed by atoms with Crippen LogP contribution in [0.1, 0.15) is 46.0 Å². The van der Waals surface area contributed by atoms with Crippen LogP contribution in [0.5, 0.6) is 0 Å². The molecule has 0 heterocycles. The van der Waals surface area contributed by atoms with E-state index in [0.29, 0.717) is 23.7 Å². The zero-order chi connectivity index (χ0) is 10.7. The average molecular weight is 194 g/mol. The number of aldehydes is 2. The molecule has 0 unspecified atom stereocenters. The fraction of sp³-hybridized carbons (Fsp3) is 0.273. The molecule has 1 rings (SSSR count). The fourth-order valence-corrected chi connectivity index (χ4v) is 1.27. The molecular formula is C11H11FO2. The summed E-state index contributed by atoms with van der Waals surface area (Å²) >= 11 is 0. The van der Waals surface area contributed by atoms with Crippen LogP contribution >= 0.6 is 0 Å². The van der Waals surface area contributed by atoms with Crippen molar-refractivity contribution in [2.24, 2.45) is 0 Å². The summed E-state index contributed by atoms with van der Waals surface area (Å²) in [6.45, 7) is 3.61. The van der Waals surface area contributed by atoms with Crippen LogP contribution in [0.4, 0.5) is 4.39 Å². The second kappa shape index (κ2) is 4.13. The van der Waals surface area contributed by atoms with Crippen LogP contribution < -0.4 is 0 Å². The van der Waals surface area contributed by atoms with Crippen LogP contribution in [0.3, 0.4) is 0 Å². The Hall–Kier alpha value is -1.51. The van der Waals surface area contributed by atoms with Crippen LogP contribution in [0.25, 0.3) is 0 Å². The van der Waals surface area contributed by atoms with E-state index >= 15 is 0 Å². The molecule has 14 heavy (non-hydrogen) atoms. The summed E-state index contributed by atoms with van der Waals surface area (Å²) in [5.74, 6) is -0.575. The van der Waals surface area contributed by atoms with Crippen LogP contribution in [0.15, 0.2) is 12.1 Å². The number of hydrogen-bond acceptors (Lipinski definition) is 2. The van der Waals surface area contributed by atoms with E-state index in [-0.39, 0.29) is 11.5 Å². The van der Waals surface area contributed by atoms with Gasteiger partial charge in [0.25, 0.3) is 0 Å². The lowest BCUT2D eigenvalue weighted by Crippen LogP contribution is -2.00. The zero-order valence-corrected chi connectivity index (χ0v) is 8.08. The van der Waals surface area contributed by atoms with Crippen molar-refractivity contribution in [3.63, 3.8) is 0 Å². The molecule has 1 aromatic carbocycles. The van der Waals surface area contributed by atoms with Crippen molar-refractivity contribution in [2.75, 3.05) is 0 Å². The third-order valence-corrected chi connectivity index (χ3v) is 2.04. The second-order valence-electron chi connectivity index (χ2n) is 3.40. The molecule has 0 atom stereocenters. The van der Waals surface area contributed by atoms with E-state index in [1.54, 1.807) is 0 Å². The predicted octanol–water partition coefficient (Wildman–Crippen LogP) is 2.57. The summed E-state index contributed by atoms with van der Waals surface area (Å²) in [7, 11) is 0. The van der Waals surface area contributed by atoms with Crippen molar-refractivity contribution < 1.29 is 14.0 Å². The Bertz CT molecular complexity index is 370. The predicted molar refractivity (Wildman–Crippen MR) is 51.3 cm³/mol. The SMILES string of the molecule is CC(C)c1cc(C=O)cc(C=O)c1F. The van der Waals surface area contributed by atoms with Gasteiger partial charge in [0.05, 0.1) is 5.56 Å². The Balaban J connectivity index is 3.41.